The second-order valence-corrected chi connectivity index (χ2v) is 9.08. The van der Waals surface area contributed by atoms with Crippen LogP contribution in [0, 0.1) is 6.92 Å². The number of sulfone groups is 1. The number of imidazole rings is 1. The molecule has 2 aromatic rings. The summed E-state index contributed by atoms with van der Waals surface area (Å²) < 4.78 is 36.7. The SMILES string of the molecule is Cc1nccn1[C@H]1[C@@H]2OC[C@@H](O2)[C@@H](NCc2ccc(S(C)(=O)=O)cc2)[C@@H]1O. The third-order valence-electron chi connectivity index (χ3n) is 5.21. The minimum Gasteiger partial charge on any atom is -0.389 e. The third kappa shape index (κ3) is 3.53. The molecule has 5 atom stereocenters. The Balaban J connectivity index is 1.49. The topological polar surface area (TPSA) is 103 Å². The maximum atomic E-state index is 11.6. The van der Waals surface area contributed by atoms with Crippen LogP contribution >= 0.6 is 0 Å². The monoisotopic (exact) mass is 393 g/mol. The van der Waals surface area contributed by atoms with Gasteiger partial charge in [0.15, 0.2) is 16.1 Å². The summed E-state index contributed by atoms with van der Waals surface area (Å²) in [6, 6.07) is 6.02. The molecule has 0 saturated carbocycles. The summed E-state index contributed by atoms with van der Waals surface area (Å²) in [6.07, 6.45) is 3.25. The number of ether oxygens (including phenoxy) is 2. The van der Waals surface area contributed by atoms with Crippen molar-refractivity contribution in [3.8, 4) is 0 Å². The molecule has 2 aliphatic heterocycles. The van der Waals surface area contributed by atoms with Gasteiger partial charge in [-0.1, -0.05) is 12.1 Å². The molecule has 1 aromatic carbocycles. The van der Waals surface area contributed by atoms with Gasteiger partial charge >= 0.3 is 0 Å². The lowest BCUT2D eigenvalue weighted by atomic mass is 9.95. The summed E-state index contributed by atoms with van der Waals surface area (Å²) >= 11 is 0. The first kappa shape index (κ1) is 18.6. The molecular formula is C18H23N3O5S. The molecular weight excluding hydrogens is 370 g/mol. The highest BCUT2D eigenvalue weighted by molar-refractivity contribution is 7.90. The summed E-state index contributed by atoms with van der Waals surface area (Å²) in [7, 11) is -3.21. The van der Waals surface area contributed by atoms with Gasteiger partial charge in [0.25, 0.3) is 0 Å². The zero-order chi connectivity index (χ0) is 19.2. The number of benzene rings is 1. The molecule has 8 nitrogen and oxygen atoms in total. The lowest BCUT2D eigenvalue weighted by molar-refractivity contribution is -0.165. The van der Waals surface area contributed by atoms with Crippen molar-refractivity contribution in [2.24, 2.45) is 0 Å². The Morgan fingerprint density at radius 3 is 2.70 bits per heavy atom. The number of nitrogens with zero attached hydrogens (tertiary/aromatic N) is 2. The van der Waals surface area contributed by atoms with E-state index in [4.69, 9.17) is 9.47 Å². The Morgan fingerprint density at radius 1 is 1.33 bits per heavy atom. The lowest BCUT2D eigenvalue weighted by Gasteiger charge is -2.39. The zero-order valence-electron chi connectivity index (χ0n) is 15.1. The van der Waals surface area contributed by atoms with Crippen LogP contribution in [0.3, 0.4) is 0 Å². The van der Waals surface area contributed by atoms with Crippen molar-refractivity contribution in [1.29, 1.82) is 0 Å². The van der Waals surface area contributed by atoms with Crippen molar-refractivity contribution in [1.82, 2.24) is 14.9 Å². The fourth-order valence-electron chi connectivity index (χ4n) is 3.74. The number of aromatic nitrogens is 2. The Hall–Kier alpha value is -1.78. The van der Waals surface area contributed by atoms with Gasteiger partial charge in [0, 0.05) is 25.2 Å². The van der Waals surface area contributed by atoms with Gasteiger partial charge in [-0.3, -0.25) is 0 Å². The lowest BCUT2D eigenvalue weighted by Crippen LogP contribution is -2.57. The molecule has 1 aromatic heterocycles. The standard InChI is InChI=1S/C18H23N3O5S/c1-11-19-7-8-21(11)16-17(22)15(14-10-25-18(16)26-14)20-9-12-3-5-13(6-4-12)27(2,23)24/h3-8,14-18,20,22H,9-10H2,1-2H3/t14-,15-,16-,17+,18-/m1/s1. The molecule has 4 rings (SSSR count). The van der Waals surface area contributed by atoms with Crippen LogP contribution in [0.5, 0.6) is 0 Å². The van der Waals surface area contributed by atoms with Gasteiger partial charge in [-0.05, 0) is 24.6 Å². The zero-order valence-corrected chi connectivity index (χ0v) is 16.0. The van der Waals surface area contributed by atoms with E-state index in [0.29, 0.717) is 13.2 Å². The molecule has 0 aliphatic carbocycles. The first-order valence-corrected chi connectivity index (χ1v) is 10.7. The number of aliphatic hydroxyl groups excluding tert-OH is 1. The van der Waals surface area contributed by atoms with E-state index in [1.54, 1.807) is 30.5 Å². The Bertz CT molecular complexity index is 911. The Kier molecular flexibility index (Phi) is 4.81. The predicted molar refractivity (Wildman–Crippen MR) is 96.8 cm³/mol. The van der Waals surface area contributed by atoms with Gasteiger partial charge in [-0.25, -0.2) is 13.4 Å². The summed E-state index contributed by atoms with van der Waals surface area (Å²) in [5.74, 6) is 0.784. The third-order valence-corrected chi connectivity index (χ3v) is 6.34. The number of fused-ring (bicyclic) bond motifs is 2. The van der Waals surface area contributed by atoms with Crippen LogP contribution in [0.1, 0.15) is 17.4 Å². The molecule has 2 saturated heterocycles. The normalized spacial score (nSPS) is 30.6. The van der Waals surface area contributed by atoms with Gasteiger partial charge in [0.1, 0.15) is 18.0 Å². The van der Waals surface area contributed by atoms with Crippen LogP contribution in [-0.4, -0.2) is 60.5 Å². The maximum Gasteiger partial charge on any atom is 0.181 e. The van der Waals surface area contributed by atoms with Gasteiger partial charge in [0.2, 0.25) is 0 Å². The van der Waals surface area contributed by atoms with Gasteiger partial charge in [0.05, 0.1) is 23.6 Å². The number of aryl methyl sites for hydroxylation is 1. The fourth-order valence-corrected chi connectivity index (χ4v) is 4.37. The van der Waals surface area contributed by atoms with E-state index >= 15 is 0 Å². The van der Waals surface area contributed by atoms with Gasteiger partial charge < -0.3 is 24.5 Å². The highest BCUT2D eigenvalue weighted by Gasteiger charge is 2.50. The summed E-state index contributed by atoms with van der Waals surface area (Å²) in [5, 5.41) is 14.3. The highest BCUT2D eigenvalue weighted by atomic mass is 32.2. The van der Waals surface area contributed by atoms with Crippen LogP contribution in [0.25, 0.3) is 0 Å². The number of nitrogens with one attached hydrogen (secondary N) is 1. The number of aliphatic hydroxyl groups is 1. The molecule has 3 heterocycles. The van der Waals surface area contributed by atoms with Crippen LogP contribution in [0.4, 0.5) is 0 Å². The van der Waals surface area contributed by atoms with Gasteiger partial charge in [-0.15, -0.1) is 0 Å². The van der Waals surface area contributed by atoms with Crippen LogP contribution < -0.4 is 5.32 Å². The maximum absolute atomic E-state index is 11.6. The summed E-state index contributed by atoms with van der Waals surface area (Å²) in [6.45, 7) is 2.77. The molecule has 2 aliphatic rings. The van der Waals surface area contributed by atoms with Crippen LogP contribution in [0.15, 0.2) is 41.6 Å². The molecule has 2 fully saturated rings. The van der Waals surface area contributed by atoms with E-state index in [9.17, 15) is 13.5 Å². The summed E-state index contributed by atoms with van der Waals surface area (Å²) in [5.41, 5.74) is 0.922. The van der Waals surface area contributed by atoms with Crippen molar-refractivity contribution < 1.29 is 23.0 Å². The average Bonchev–Trinajstić information content (AvgIpc) is 3.23. The van der Waals surface area contributed by atoms with E-state index in [-0.39, 0.29) is 23.1 Å². The van der Waals surface area contributed by atoms with E-state index in [1.807, 2.05) is 17.7 Å². The van der Waals surface area contributed by atoms with Crippen molar-refractivity contribution in [3.05, 3.63) is 48.0 Å². The van der Waals surface area contributed by atoms with Crippen molar-refractivity contribution >= 4 is 9.84 Å². The van der Waals surface area contributed by atoms with Gasteiger partial charge in [-0.2, -0.15) is 0 Å². The number of hydrogen-bond donors (Lipinski definition) is 2. The number of hydrogen-bond acceptors (Lipinski definition) is 7. The highest BCUT2D eigenvalue weighted by Crippen LogP contribution is 2.36. The molecule has 0 amide bonds. The van der Waals surface area contributed by atoms with Crippen molar-refractivity contribution in [2.45, 2.75) is 48.9 Å². The second-order valence-electron chi connectivity index (χ2n) is 7.06. The molecule has 0 spiro atoms. The first-order chi connectivity index (χ1) is 12.8. The average molecular weight is 393 g/mol. The number of rotatable bonds is 5. The molecule has 146 valence electrons. The predicted octanol–water partition coefficient (Wildman–Crippen LogP) is 0.411. The van der Waals surface area contributed by atoms with E-state index in [1.165, 1.54) is 6.26 Å². The Morgan fingerprint density at radius 2 is 2.07 bits per heavy atom. The smallest absolute Gasteiger partial charge is 0.181 e. The van der Waals surface area contributed by atoms with E-state index in [0.717, 1.165) is 11.4 Å². The van der Waals surface area contributed by atoms with Crippen molar-refractivity contribution in [2.75, 3.05) is 12.9 Å². The fraction of sp³-hybridized carbons (Fsp3) is 0.500. The van der Waals surface area contributed by atoms with E-state index in [2.05, 4.69) is 10.3 Å². The summed E-state index contributed by atoms with van der Waals surface area (Å²) in [4.78, 5) is 4.51. The molecule has 0 unspecified atom stereocenters. The minimum absolute atomic E-state index is 0.236. The molecule has 27 heavy (non-hydrogen) atoms. The Labute approximate surface area is 158 Å². The van der Waals surface area contributed by atoms with Crippen molar-refractivity contribution in [3.63, 3.8) is 0 Å². The minimum atomic E-state index is -3.21. The largest absolute Gasteiger partial charge is 0.389 e. The van der Waals surface area contributed by atoms with Crippen LogP contribution in [0.2, 0.25) is 0 Å². The quantitative estimate of drug-likeness (QED) is 0.758. The molecule has 9 heteroatoms. The second kappa shape index (κ2) is 6.99. The van der Waals surface area contributed by atoms with E-state index < -0.39 is 22.2 Å². The van der Waals surface area contributed by atoms with Crippen LogP contribution in [-0.2, 0) is 25.9 Å². The molecule has 2 N–H and O–H groups in total. The molecule has 0 radical (unpaired) electrons. The first-order valence-electron chi connectivity index (χ1n) is 8.81. The molecule has 2 bridgehead atoms.